The highest BCUT2D eigenvalue weighted by atomic mass is 19.2. The number of fused-ring (bicyclic) bond motifs is 2. The van der Waals surface area contributed by atoms with Gasteiger partial charge in [-0.05, 0) is 54.1 Å². The molecule has 4 heterocycles. The minimum absolute atomic E-state index is 0.330. The molecule has 4 aromatic heterocycles. The van der Waals surface area contributed by atoms with Gasteiger partial charge >= 0.3 is 0 Å². The zero-order chi connectivity index (χ0) is 23.1. The van der Waals surface area contributed by atoms with Gasteiger partial charge in [0.2, 0.25) is 11.8 Å². The van der Waals surface area contributed by atoms with Gasteiger partial charge in [-0.1, -0.05) is 0 Å². The Morgan fingerprint density at radius 1 is 0.853 bits per heavy atom. The van der Waals surface area contributed by atoms with Gasteiger partial charge in [0.1, 0.15) is 11.4 Å². The van der Waals surface area contributed by atoms with Crippen LogP contribution in [0.15, 0.2) is 79.3 Å². The Morgan fingerprint density at radius 2 is 1.71 bits per heavy atom. The second kappa shape index (κ2) is 7.96. The minimum atomic E-state index is -0.940. The van der Waals surface area contributed by atoms with E-state index in [1.54, 1.807) is 24.5 Å². The van der Waals surface area contributed by atoms with E-state index < -0.39 is 11.6 Å². The Balaban J connectivity index is 1.25. The first-order valence-corrected chi connectivity index (χ1v) is 10.4. The van der Waals surface area contributed by atoms with E-state index >= 15 is 0 Å². The van der Waals surface area contributed by atoms with E-state index in [2.05, 4.69) is 30.2 Å². The number of nitrogens with one attached hydrogen (secondary N) is 3. The molecule has 0 saturated heterocycles. The highest BCUT2D eigenvalue weighted by molar-refractivity contribution is 5.94. The number of hydrogen-bond acceptors (Lipinski definition) is 5. The van der Waals surface area contributed by atoms with Crippen LogP contribution in [-0.4, -0.2) is 24.9 Å². The number of H-pyrrole nitrogens is 2. The second-order valence-corrected chi connectivity index (χ2v) is 7.57. The summed E-state index contributed by atoms with van der Waals surface area (Å²) in [6.07, 6.45) is 5.27. The van der Waals surface area contributed by atoms with Crippen molar-refractivity contribution in [1.29, 1.82) is 0 Å². The Morgan fingerprint density at radius 3 is 2.59 bits per heavy atom. The van der Waals surface area contributed by atoms with E-state index in [1.807, 2.05) is 42.6 Å². The van der Waals surface area contributed by atoms with Crippen LogP contribution in [0, 0.1) is 11.6 Å². The molecular weight excluding hydrogens is 438 g/mol. The van der Waals surface area contributed by atoms with Crippen molar-refractivity contribution in [2.45, 2.75) is 0 Å². The van der Waals surface area contributed by atoms with Gasteiger partial charge in [-0.3, -0.25) is 0 Å². The molecule has 166 valence electrons. The standard InChI is InChI=1S/C25H16F2N6O/c26-19-12-21-22(13-20(19)27)33-25(32-21)31-14-3-5-15(6-4-14)34-24-18(2-1-9-30-24)16-7-10-28-23-17(16)8-11-29-23/h1-13H,(H,28,29)(H2,31,32,33). The molecule has 3 N–H and O–H groups in total. The lowest BCUT2D eigenvalue weighted by atomic mass is 10.1. The van der Waals surface area contributed by atoms with E-state index in [-0.39, 0.29) is 0 Å². The molecule has 0 bridgehead atoms. The number of hydrogen-bond donors (Lipinski definition) is 3. The molecule has 7 nitrogen and oxygen atoms in total. The van der Waals surface area contributed by atoms with Crippen molar-refractivity contribution in [1.82, 2.24) is 24.9 Å². The first-order chi connectivity index (χ1) is 16.6. The van der Waals surface area contributed by atoms with Gasteiger partial charge in [-0.2, -0.15) is 0 Å². The monoisotopic (exact) mass is 454 g/mol. The molecule has 6 aromatic rings. The molecule has 0 aliphatic rings. The predicted molar refractivity (Wildman–Crippen MR) is 125 cm³/mol. The summed E-state index contributed by atoms with van der Waals surface area (Å²) < 4.78 is 33.0. The van der Waals surface area contributed by atoms with Crippen molar-refractivity contribution in [3.63, 3.8) is 0 Å². The molecule has 0 aliphatic carbocycles. The second-order valence-electron chi connectivity index (χ2n) is 7.57. The van der Waals surface area contributed by atoms with Gasteiger partial charge in [-0.25, -0.2) is 23.7 Å². The Kier molecular flexibility index (Phi) is 4.65. The SMILES string of the molecule is Fc1cc2nc(Nc3ccc(Oc4ncccc4-c4ccnc5[nH]ccc45)cc3)[nH]c2cc1F. The number of aromatic amines is 2. The van der Waals surface area contributed by atoms with Crippen LogP contribution >= 0.6 is 0 Å². The van der Waals surface area contributed by atoms with Gasteiger partial charge in [0.05, 0.1) is 11.0 Å². The van der Waals surface area contributed by atoms with Gasteiger partial charge in [0.15, 0.2) is 11.6 Å². The number of anilines is 2. The van der Waals surface area contributed by atoms with Crippen molar-refractivity contribution in [3.8, 4) is 22.8 Å². The van der Waals surface area contributed by atoms with Crippen LogP contribution < -0.4 is 10.1 Å². The summed E-state index contributed by atoms with van der Waals surface area (Å²) in [4.78, 5) is 19.0. The van der Waals surface area contributed by atoms with E-state index in [9.17, 15) is 8.78 Å². The lowest BCUT2D eigenvalue weighted by Crippen LogP contribution is -1.94. The summed E-state index contributed by atoms with van der Waals surface area (Å²) in [6, 6.07) is 17.0. The number of pyridine rings is 2. The largest absolute Gasteiger partial charge is 0.438 e. The van der Waals surface area contributed by atoms with Crippen molar-refractivity contribution < 1.29 is 13.5 Å². The summed E-state index contributed by atoms with van der Waals surface area (Å²) >= 11 is 0. The zero-order valence-electron chi connectivity index (χ0n) is 17.5. The topological polar surface area (TPSA) is 91.5 Å². The maximum atomic E-state index is 13.4. The molecule has 0 atom stereocenters. The average molecular weight is 454 g/mol. The van der Waals surface area contributed by atoms with Crippen molar-refractivity contribution in [2.75, 3.05) is 5.32 Å². The van der Waals surface area contributed by atoms with Crippen LogP contribution in [0.5, 0.6) is 11.6 Å². The van der Waals surface area contributed by atoms with E-state index in [1.165, 1.54) is 0 Å². The number of imidazole rings is 1. The first kappa shape index (κ1) is 19.9. The molecule has 2 aromatic carbocycles. The van der Waals surface area contributed by atoms with Gasteiger partial charge < -0.3 is 20.0 Å². The number of nitrogens with zero attached hydrogens (tertiary/aromatic N) is 3. The number of rotatable bonds is 5. The summed E-state index contributed by atoms with van der Waals surface area (Å²) in [5, 5.41) is 4.06. The molecule has 0 amide bonds. The van der Waals surface area contributed by atoms with Crippen LogP contribution in [0.25, 0.3) is 33.2 Å². The fourth-order valence-electron chi connectivity index (χ4n) is 3.79. The van der Waals surface area contributed by atoms with Crippen LogP contribution in [0.3, 0.4) is 0 Å². The molecule has 34 heavy (non-hydrogen) atoms. The zero-order valence-corrected chi connectivity index (χ0v) is 17.5. The third-order valence-electron chi connectivity index (χ3n) is 5.38. The van der Waals surface area contributed by atoms with Gasteiger partial charge in [0, 0.05) is 47.4 Å². The smallest absolute Gasteiger partial charge is 0.227 e. The fraction of sp³-hybridized carbons (Fsp3) is 0. The number of aromatic nitrogens is 5. The summed E-state index contributed by atoms with van der Waals surface area (Å²) in [7, 11) is 0. The highest BCUT2D eigenvalue weighted by Crippen LogP contribution is 2.35. The fourth-order valence-corrected chi connectivity index (χ4v) is 3.79. The number of benzene rings is 2. The Labute approximate surface area is 191 Å². The molecule has 0 radical (unpaired) electrons. The minimum Gasteiger partial charge on any atom is -0.438 e. The van der Waals surface area contributed by atoms with E-state index in [0.717, 1.165) is 40.0 Å². The molecular formula is C25H16F2N6O. The number of halogens is 2. The lowest BCUT2D eigenvalue weighted by molar-refractivity contribution is 0.465. The molecule has 0 unspecified atom stereocenters. The third-order valence-corrected chi connectivity index (χ3v) is 5.38. The number of ether oxygens (including phenoxy) is 1. The van der Waals surface area contributed by atoms with Crippen LogP contribution in [0.1, 0.15) is 0 Å². The van der Waals surface area contributed by atoms with Crippen molar-refractivity contribution >= 4 is 33.7 Å². The summed E-state index contributed by atoms with van der Waals surface area (Å²) in [6.45, 7) is 0. The third kappa shape index (κ3) is 3.58. The summed E-state index contributed by atoms with van der Waals surface area (Å²) in [5.41, 5.74) is 4.05. The Hall–Kier alpha value is -4.79. The maximum Gasteiger partial charge on any atom is 0.227 e. The van der Waals surface area contributed by atoms with Crippen molar-refractivity contribution in [2.24, 2.45) is 0 Å². The highest BCUT2D eigenvalue weighted by Gasteiger charge is 2.13. The van der Waals surface area contributed by atoms with E-state index in [0.29, 0.717) is 28.6 Å². The van der Waals surface area contributed by atoms with Crippen molar-refractivity contribution in [3.05, 3.63) is 90.9 Å². The van der Waals surface area contributed by atoms with Gasteiger partial charge in [-0.15, -0.1) is 0 Å². The lowest BCUT2D eigenvalue weighted by Gasteiger charge is -2.11. The first-order valence-electron chi connectivity index (χ1n) is 10.4. The maximum absolute atomic E-state index is 13.4. The average Bonchev–Trinajstić information content (AvgIpc) is 3.47. The molecule has 0 aliphatic heterocycles. The van der Waals surface area contributed by atoms with Gasteiger partial charge in [0.25, 0.3) is 0 Å². The molecule has 9 heteroatoms. The molecule has 0 fully saturated rings. The van der Waals surface area contributed by atoms with Crippen LogP contribution in [-0.2, 0) is 0 Å². The molecule has 0 saturated carbocycles. The summed E-state index contributed by atoms with van der Waals surface area (Å²) in [5.74, 6) is -0.433. The normalized spacial score (nSPS) is 11.2. The molecule has 6 rings (SSSR count). The molecule has 0 spiro atoms. The predicted octanol–water partition coefficient (Wildman–Crippen LogP) is 6.32. The quantitative estimate of drug-likeness (QED) is 0.284. The van der Waals surface area contributed by atoms with Crippen LogP contribution in [0.2, 0.25) is 0 Å². The Bertz CT molecular complexity index is 1600. The van der Waals surface area contributed by atoms with E-state index in [4.69, 9.17) is 4.74 Å². The van der Waals surface area contributed by atoms with Crippen LogP contribution in [0.4, 0.5) is 20.4 Å².